The van der Waals surface area contributed by atoms with Gasteiger partial charge in [-0.2, -0.15) is 0 Å². The number of hydrogen-bond acceptors (Lipinski definition) is 3. The van der Waals surface area contributed by atoms with E-state index in [0.29, 0.717) is 16.8 Å². The van der Waals surface area contributed by atoms with E-state index in [2.05, 4.69) is 12.2 Å². The summed E-state index contributed by atoms with van der Waals surface area (Å²) in [5.41, 5.74) is -0.000215. The number of aliphatic hydroxyl groups is 1. The van der Waals surface area contributed by atoms with Crippen LogP contribution in [0.25, 0.3) is 0 Å². The molecule has 0 aromatic heterocycles. The zero-order valence-electron chi connectivity index (χ0n) is 11.6. The molecule has 3 nitrogen and oxygen atoms in total. The number of methoxy groups -OCH3 is 1. The van der Waals surface area contributed by atoms with Crippen molar-refractivity contribution in [3.8, 4) is 5.75 Å². The average molecular weight is 284 g/mol. The first-order chi connectivity index (χ1) is 9.09. The molecule has 1 aliphatic rings. The Morgan fingerprint density at radius 3 is 2.68 bits per heavy atom. The van der Waals surface area contributed by atoms with Crippen molar-refractivity contribution in [1.29, 1.82) is 0 Å². The van der Waals surface area contributed by atoms with Crippen LogP contribution in [0.2, 0.25) is 5.02 Å². The van der Waals surface area contributed by atoms with E-state index in [1.54, 1.807) is 13.2 Å². The summed E-state index contributed by atoms with van der Waals surface area (Å²) in [6.07, 6.45) is 3.42. The maximum atomic E-state index is 10.9. The van der Waals surface area contributed by atoms with Crippen molar-refractivity contribution in [2.45, 2.75) is 44.2 Å². The Hall–Kier alpha value is -0.770. The first-order valence-electron chi connectivity index (χ1n) is 6.89. The number of ether oxygens (including phenoxy) is 1. The predicted molar refractivity (Wildman–Crippen MR) is 77.8 cm³/mol. The summed E-state index contributed by atoms with van der Waals surface area (Å²) in [6, 6.07) is 5.95. The Balaban J connectivity index is 2.19. The summed E-state index contributed by atoms with van der Waals surface area (Å²) >= 11 is 6.05. The van der Waals surface area contributed by atoms with Gasteiger partial charge in [0.05, 0.1) is 12.7 Å². The van der Waals surface area contributed by atoms with Crippen molar-refractivity contribution in [3.05, 3.63) is 28.8 Å². The van der Waals surface area contributed by atoms with Crippen LogP contribution in [0.4, 0.5) is 0 Å². The zero-order valence-corrected chi connectivity index (χ0v) is 12.3. The van der Waals surface area contributed by atoms with Gasteiger partial charge in [-0.15, -0.1) is 0 Å². The van der Waals surface area contributed by atoms with Crippen molar-refractivity contribution in [3.63, 3.8) is 0 Å². The number of halogens is 1. The van der Waals surface area contributed by atoms with Gasteiger partial charge >= 0.3 is 0 Å². The molecular weight excluding hydrogens is 262 g/mol. The highest BCUT2D eigenvalue weighted by atomic mass is 35.5. The molecule has 1 aliphatic carbocycles. The fourth-order valence-corrected chi connectivity index (χ4v) is 3.07. The van der Waals surface area contributed by atoms with E-state index in [4.69, 9.17) is 16.3 Å². The summed E-state index contributed by atoms with van der Waals surface area (Å²) in [7, 11) is 1.63. The van der Waals surface area contributed by atoms with Gasteiger partial charge in [-0.05, 0) is 50.4 Å². The van der Waals surface area contributed by atoms with Crippen LogP contribution in [0.5, 0.6) is 5.75 Å². The first-order valence-corrected chi connectivity index (χ1v) is 7.26. The van der Waals surface area contributed by atoms with E-state index in [1.165, 1.54) is 0 Å². The lowest BCUT2D eigenvalue weighted by molar-refractivity contribution is -0.00996. The van der Waals surface area contributed by atoms with E-state index < -0.39 is 5.60 Å². The van der Waals surface area contributed by atoms with Crippen LogP contribution in [0.1, 0.15) is 38.2 Å². The molecule has 1 aromatic carbocycles. The highest BCUT2D eigenvalue weighted by Gasteiger charge is 2.36. The second kappa shape index (κ2) is 6.12. The smallest absolute Gasteiger partial charge is 0.125 e. The lowest BCUT2D eigenvalue weighted by Gasteiger charge is -2.37. The molecule has 0 amide bonds. The molecule has 0 bridgehead atoms. The van der Waals surface area contributed by atoms with Crippen LogP contribution in [0, 0.1) is 0 Å². The van der Waals surface area contributed by atoms with Crippen LogP contribution in [-0.4, -0.2) is 24.8 Å². The predicted octanol–water partition coefficient (Wildman–Crippen LogP) is 3.09. The fraction of sp³-hybridized carbons (Fsp3) is 0.600. The molecule has 0 heterocycles. The molecule has 19 heavy (non-hydrogen) atoms. The molecule has 2 rings (SSSR count). The third-order valence-electron chi connectivity index (χ3n) is 3.97. The maximum Gasteiger partial charge on any atom is 0.125 e. The van der Waals surface area contributed by atoms with Crippen molar-refractivity contribution < 1.29 is 9.84 Å². The van der Waals surface area contributed by atoms with Crippen molar-refractivity contribution in [2.24, 2.45) is 0 Å². The average Bonchev–Trinajstić information content (AvgIpc) is 2.42. The molecule has 0 aliphatic heterocycles. The normalized spacial score (nSPS) is 27.3. The molecule has 0 unspecified atom stereocenters. The Bertz CT molecular complexity index is 428. The molecule has 0 radical (unpaired) electrons. The molecule has 1 aromatic rings. The second-order valence-electron chi connectivity index (χ2n) is 5.21. The number of hydrogen-bond donors (Lipinski definition) is 2. The Morgan fingerprint density at radius 1 is 1.42 bits per heavy atom. The van der Waals surface area contributed by atoms with Crippen LogP contribution >= 0.6 is 11.6 Å². The largest absolute Gasteiger partial charge is 0.496 e. The third kappa shape index (κ3) is 3.22. The van der Waals surface area contributed by atoms with E-state index in [9.17, 15) is 5.11 Å². The summed E-state index contributed by atoms with van der Waals surface area (Å²) in [6.45, 7) is 3.09. The topological polar surface area (TPSA) is 41.5 Å². The van der Waals surface area contributed by atoms with Crippen molar-refractivity contribution >= 4 is 11.6 Å². The quantitative estimate of drug-likeness (QED) is 0.892. The van der Waals surface area contributed by atoms with Crippen molar-refractivity contribution in [1.82, 2.24) is 5.32 Å². The minimum atomic E-state index is -0.817. The molecule has 1 saturated carbocycles. The van der Waals surface area contributed by atoms with E-state index in [0.717, 1.165) is 37.8 Å². The molecular formula is C15H22ClNO2. The molecule has 4 heteroatoms. The van der Waals surface area contributed by atoms with Gasteiger partial charge in [-0.3, -0.25) is 0 Å². The van der Waals surface area contributed by atoms with E-state index in [1.807, 2.05) is 12.1 Å². The Morgan fingerprint density at radius 2 is 2.11 bits per heavy atom. The zero-order chi connectivity index (χ0) is 13.9. The number of rotatable bonds is 4. The summed E-state index contributed by atoms with van der Waals surface area (Å²) in [5, 5.41) is 15.0. The number of benzene rings is 1. The monoisotopic (exact) mass is 283 g/mol. The molecule has 1 fully saturated rings. The van der Waals surface area contributed by atoms with Gasteiger partial charge in [0.15, 0.2) is 0 Å². The van der Waals surface area contributed by atoms with E-state index in [-0.39, 0.29) is 0 Å². The maximum absolute atomic E-state index is 10.9. The summed E-state index contributed by atoms with van der Waals surface area (Å²) in [5.74, 6) is 0.716. The van der Waals surface area contributed by atoms with Gasteiger partial charge < -0.3 is 15.2 Å². The minimum Gasteiger partial charge on any atom is -0.496 e. The van der Waals surface area contributed by atoms with Gasteiger partial charge in [0.2, 0.25) is 0 Å². The molecule has 0 spiro atoms. The summed E-state index contributed by atoms with van der Waals surface area (Å²) < 4.78 is 5.36. The highest BCUT2D eigenvalue weighted by molar-refractivity contribution is 6.30. The molecule has 0 saturated heterocycles. The standard InChI is InChI=1S/C15H22ClNO2/c1-3-17-12-6-8-15(18,9-7-12)13-10-11(16)4-5-14(13)19-2/h4-5,10,12,17-18H,3,6-9H2,1-2H3. The second-order valence-corrected chi connectivity index (χ2v) is 5.64. The minimum absolute atomic E-state index is 0.510. The molecule has 106 valence electrons. The highest BCUT2D eigenvalue weighted by Crippen LogP contribution is 2.42. The SMILES string of the molecule is CCNC1CCC(O)(c2cc(Cl)ccc2OC)CC1. The van der Waals surface area contributed by atoms with Gasteiger partial charge in [-0.25, -0.2) is 0 Å². The fourth-order valence-electron chi connectivity index (χ4n) is 2.90. The Labute approximate surface area is 119 Å². The van der Waals surface area contributed by atoms with Gasteiger partial charge in [0, 0.05) is 16.6 Å². The van der Waals surface area contributed by atoms with Crippen LogP contribution in [0.15, 0.2) is 18.2 Å². The molecule has 0 atom stereocenters. The van der Waals surface area contributed by atoms with Gasteiger partial charge in [0.25, 0.3) is 0 Å². The van der Waals surface area contributed by atoms with Crippen LogP contribution in [-0.2, 0) is 5.60 Å². The van der Waals surface area contributed by atoms with E-state index >= 15 is 0 Å². The lowest BCUT2D eigenvalue weighted by atomic mass is 9.77. The Kier molecular flexibility index (Phi) is 4.71. The number of nitrogens with one attached hydrogen (secondary N) is 1. The van der Waals surface area contributed by atoms with Gasteiger partial charge in [-0.1, -0.05) is 18.5 Å². The first kappa shape index (κ1) is 14.6. The molecule has 2 N–H and O–H groups in total. The lowest BCUT2D eigenvalue weighted by Crippen LogP contribution is -2.39. The van der Waals surface area contributed by atoms with Gasteiger partial charge in [0.1, 0.15) is 5.75 Å². The summed E-state index contributed by atoms with van der Waals surface area (Å²) in [4.78, 5) is 0. The van der Waals surface area contributed by atoms with Crippen LogP contribution < -0.4 is 10.1 Å². The van der Waals surface area contributed by atoms with Crippen LogP contribution in [0.3, 0.4) is 0 Å². The van der Waals surface area contributed by atoms with Crippen molar-refractivity contribution in [2.75, 3.05) is 13.7 Å². The third-order valence-corrected chi connectivity index (χ3v) is 4.20.